The molecule has 19 heavy (non-hydrogen) atoms. The van der Waals surface area contributed by atoms with E-state index in [0.29, 0.717) is 0 Å². The second-order valence-electron chi connectivity index (χ2n) is 4.65. The Hall–Kier alpha value is -1.74. The SMILES string of the molecule is CCCc1ccc(C(NC)c2cncc(F)c2)cc1. The summed E-state index contributed by atoms with van der Waals surface area (Å²) in [6.07, 6.45) is 5.15. The summed E-state index contributed by atoms with van der Waals surface area (Å²) in [5, 5.41) is 3.21. The van der Waals surface area contributed by atoms with Crippen molar-refractivity contribution in [2.75, 3.05) is 7.05 Å². The normalized spacial score (nSPS) is 12.4. The van der Waals surface area contributed by atoms with Gasteiger partial charge in [-0.1, -0.05) is 37.6 Å². The van der Waals surface area contributed by atoms with Crippen LogP contribution in [0.3, 0.4) is 0 Å². The molecule has 0 aliphatic rings. The Morgan fingerprint density at radius 1 is 1.16 bits per heavy atom. The van der Waals surface area contributed by atoms with Gasteiger partial charge in [0.15, 0.2) is 0 Å². The van der Waals surface area contributed by atoms with Crippen LogP contribution >= 0.6 is 0 Å². The zero-order valence-corrected chi connectivity index (χ0v) is 11.4. The fraction of sp³-hybridized carbons (Fsp3) is 0.312. The number of nitrogens with one attached hydrogen (secondary N) is 1. The maximum atomic E-state index is 13.3. The molecule has 0 aliphatic heterocycles. The van der Waals surface area contributed by atoms with Gasteiger partial charge >= 0.3 is 0 Å². The molecule has 1 N–H and O–H groups in total. The van der Waals surface area contributed by atoms with Gasteiger partial charge in [0.05, 0.1) is 12.2 Å². The Morgan fingerprint density at radius 2 is 1.89 bits per heavy atom. The van der Waals surface area contributed by atoms with E-state index in [4.69, 9.17) is 0 Å². The second-order valence-corrected chi connectivity index (χ2v) is 4.65. The highest BCUT2D eigenvalue weighted by Crippen LogP contribution is 2.22. The Labute approximate surface area is 113 Å². The molecule has 0 radical (unpaired) electrons. The molecule has 0 fully saturated rings. The third-order valence-corrected chi connectivity index (χ3v) is 3.20. The van der Waals surface area contributed by atoms with E-state index in [1.54, 1.807) is 6.20 Å². The first kappa shape index (κ1) is 13.7. The van der Waals surface area contributed by atoms with E-state index in [1.807, 2.05) is 7.05 Å². The number of aryl methyl sites for hydroxylation is 1. The van der Waals surface area contributed by atoms with Crippen molar-refractivity contribution in [1.82, 2.24) is 10.3 Å². The van der Waals surface area contributed by atoms with E-state index in [9.17, 15) is 4.39 Å². The van der Waals surface area contributed by atoms with Gasteiger partial charge in [-0.3, -0.25) is 4.98 Å². The fourth-order valence-electron chi connectivity index (χ4n) is 2.28. The maximum Gasteiger partial charge on any atom is 0.141 e. The zero-order chi connectivity index (χ0) is 13.7. The summed E-state index contributed by atoms with van der Waals surface area (Å²) >= 11 is 0. The van der Waals surface area contributed by atoms with E-state index in [-0.39, 0.29) is 11.9 Å². The van der Waals surface area contributed by atoms with Crippen molar-refractivity contribution in [3.8, 4) is 0 Å². The van der Waals surface area contributed by atoms with Crippen molar-refractivity contribution >= 4 is 0 Å². The van der Waals surface area contributed by atoms with Crippen molar-refractivity contribution in [3.63, 3.8) is 0 Å². The van der Waals surface area contributed by atoms with Crippen molar-refractivity contribution in [3.05, 3.63) is 65.2 Å². The third kappa shape index (κ3) is 3.38. The summed E-state index contributed by atoms with van der Waals surface area (Å²) in [6, 6.07) is 9.95. The monoisotopic (exact) mass is 258 g/mol. The van der Waals surface area contributed by atoms with Crippen molar-refractivity contribution in [2.45, 2.75) is 25.8 Å². The molecule has 1 aromatic carbocycles. The minimum atomic E-state index is -0.305. The maximum absolute atomic E-state index is 13.3. The van der Waals surface area contributed by atoms with E-state index in [1.165, 1.54) is 17.8 Å². The van der Waals surface area contributed by atoms with Crippen LogP contribution < -0.4 is 5.32 Å². The van der Waals surface area contributed by atoms with Crippen LogP contribution in [0.4, 0.5) is 4.39 Å². The van der Waals surface area contributed by atoms with E-state index >= 15 is 0 Å². The summed E-state index contributed by atoms with van der Waals surface area (Å²) in [5.74, 6) is -0.305. The second kappa shape index (κ2) is 6.43. The Balaban J connectivity index is 2.26. The molecule has 0 saturated heterocycles. The molecule has 1 heterocycles. The molecule has 0 aliphatic carbocycles. The minimum Gasteiger partial charge on any atom is -0.309 e. The average Bonchev–Trinajstić information content (AvgIpc) is 2.42. The summed E-state index contributed by atoms with van der Waals surface area (Å²) in [6.45, 7) is 2.17. The number of halogens is 1. The van der Waals surface area contributed by atoms with E-state index in [0.717, 1.165) is 24.0 Å². The summed E-state index contributed by atoms with van der Waals surface area (Å²) in [4.78, 5) is 3.91. The number of benzene rings is 1. The Kier molecular flexibility index (Phi) is 4.63. The van der Waals surface area contributed by atoms with Crippen molar-refractivity contribution in [1.29, 1.82) is 0 Å². The largest absolute Gasteiger partial charge is 0.309 e. The van der Waals surface area contributed by atoms with Crippen LogP contribution in [0.25, 0.3) is 0 Å². The van der Waals surface area contributed by atoms with Crippen LogP contribution in [0.1, 0.15) is 36.1 Å². The minimum absolute atomic E-state index is 0.0288. The molecule has 100 valence electrons. The van der Waals surface area contributed by atoms with Crippen LogP contribution in [0, 0.1) is 5.82 Å². The lowest BCUT2D eigenvalue weighted by molar-refractivity contribution is 0.608. The van der Waals surface area contributed by atoms with Gasteiger partial charge in [-0.15, -0.1) is 0 Å². The van der Waals surface area contributed by atoms with Crippen molar-refractivity contribution in [2.24, 2.45) is 0 Å². The van der Waals surface area contributed by atoms with Gasteiger partial charge in [0, 0.05) is 6.20 Å². The highest BCUT2D eigenvalue weighted by Gasteiger charge is 2.12. The number of pyridine rings is 1. The van der Waals surface area contributed by atoms with Crippen molar-refractivity contribution < 1.29 is 4.39 Å². The lowest BCUT2D eigenvalue weighted by atomic mass is 9.98. The molecule has 1 aromatic heterocycles. The molecule has 2 aromatic rings. The van der Waals surface area contributed by atoms with Gasteiger partial charge in [-0.25, -0.2) is 4.39 Å². The van der Waals surface area contributed by atoms with Gasteiger partial charge in [0.1, 0.15) is 5.82 Å². The lowest BCUT2D eigenvalue weighted by Crippen LogP contribution is -2.18. The van der Waals surface area contributed by atoms with E-state index < -0.39 is 0 Å². The van der Waals surface area contributed by atoms with Crippen LogP contribution in [0.5, 0.6) is 0 Å². The molecule has 3 heteroatoms. The highest BCUT2D eigenvalue weighted by molar-refractivity contribution is 5.32. The fourth-order valence-corrected chi connectivity index (χ4v) is 2.28. The number of hydrogen-bond donors (Lipinski definition) is 1. The lowest BCUT2D eigenvalue weighted by Gasteiger charge is -2.17. The molecule has 1 unspecified atom stereocenters. The summed E-state index contributed by atoms with van der Waals surface area (Å²) in [7, 11) is 1.87. The molecule has 0 saturated carbocycles. The zero-order valence-electron chi connectivity index (χ0n) is 11.4. The number of hydrogen-bond acceptors (Lipinski definition) is 2. The molecule has 2 rings (SSSR count). The van der Waals surface area contributed by atoms with Crippen LogP contribution in [-0.4, -0.2) is 12.0 Å². The van der Waals surface area contributed by atoms with Crippen LogP contribution in [0.2, 0.25) is 0 Å². The number of aromatic nitrogens is 1. The van der Waals surface area contributed by atoms with Gasteiger partial charge < -0.3 is 5.32 Å². The number of rotatable bonds is 5. The summed E-state index contributed by atoms with van der Waals surface area (Å²) in [5.41, 5.74) is 3.29. The highest BCUT2D eigenvalue weighted by atomic mass is 19.1. The van der Waals surface area contributed by atoms with Gasteiger partial charge in [-0.2, -0.15) is 0 Å². The number of nitrogens with zero attached hydrogens (tertiary/aromatic N) is 1. The van der Waals surface area contributed by atoms with Gasteiger partial charge in [0.25, 0.3) is 0 Å². The van der Waals surface area contributed by atoms with Crippen LogP contribution in [0.15, 0.2) is 42.7 Å². The molecule has 0 bridgehead atoms. The topological polar surface area (TPSA) is 24.9 Å². The Morgan fingerprint density at radius 3 is 2.47 bits per heavy atom. The predicted molar refractivity (Wildman–Crippen MR) is 75.5 cm³/mol. The quantitative estimate of drug-likeness (QED) is 0.888. The summed E-state index contributed by atoms with van der Waals surface area (Å²) < 4.78 is 13.3. The predicted octanol–water partition coefficient (Wildman–Crippen LogP) is 3.48. The Bertz CT molecular complexity index is 523. The van der Waals surface area contributed by atoms with Gasteiger partial charge in [-0.05, 0) is 36.2 Å². The first-order chi connectivity index (χ1) is 9.24. The molecule has 0 spiro atoms. The first-order valence-electron chi connectivity index (χ1n) is 6.61. The molecular weight excluding hydrogens is 239 g/mol. The first-order valence-corrected chi connectivity index (χ1v) is 6.61. The van der Waals surface area contributed by atoms with Crippen LogP contribution in [-0.2, 0) is 6.42 Å². The molecule has 0 amide bonds. The molecule has 2 nitrogen and oxygen atoms in total. The molecular formula is C16H19FN2. The third-order valence-electron chi connectivity index (χ3n) is 3.20. The average molecular weight is 258 g/mol. The standard InChI is InChI=1S/C16H19FN2/c1-3-4-12-5-7-13(8-6-12)16(18-2)14-9-15(17)11-19-10-14/h5-11,16,18H,3-4H2,1-2H3. The van der Waals surface area contributed by atoms with E-state index in [2.05, 4.69) is 41.5 Å². The van der Waals surface area contributed by atoms with Gasteiger partial charge in [0.2, 0.25) is 0 Å². The molecule has 1 atom stereocenters. The smallest absolute Gasteiger partial charge is 0.141 e.